The molecule has 0 aliphatic carbocycles. The van der Waals surface area contributed by atoms with Crippen LogP contribution in [0.3, 0.4) is 0 Å². The number of carboxylic acids is 1. The first-order valence-corrected chi connectivity index (χ1v) is 12.6. The summed E-state index contributed by atoms with van der Waals surface area (Å²) in [6.07, 6.45) is 1.82. The van der Waals surface area contributed by atoms with Gasteiger partial charge in [0.2, 0.25) is 23.6 Å². The Hall–Kier alpha value is -3.93. The van der Waals surface area contributed by atoms with Crippen LogP contribution in [0.4, 0.5) is 0 Å². The number of benzene rings is 1. The maximum atomic E-state index is 13.1. The molecule has 2 rings (SSSR count). The number of rotatable bonds is 14. The Morgan fingerprint density at radius 2 is 1.58 bits per heavy atom. The summed E-state index contributed by atoms with van der Waals surface area (Å²) < 4.78 is 0. The molecule has 2 aromatic rings. The van der Waals surface area contributed by atoms with Crippen LogP contribution in [0.25, 0.3) is 10.9 Å². The summed E-state index contributed by atoms with van der Waals surface area (Å²) in [4.78, 5) is 65.4. The van der Waals surface area contributed by atoms with Gasteiger partial charge in [0.25, 0.3) is 0 Å². The molecule has 12 nitrogen and oxygen atoms in total. The van der Waals surface area contributed by atoms with Crippen molar-refractivity contribution in [3.63, 3.8) is 0 Å². The van der Waals surface area contributed by atoms with Crippen LogP contribution in [0.1, 0.15) is 46.1 Å². The second-order valence-corrected chi connectivity index (χ2v) is 9.84. The number of carbonyl (C=O) groups excluding carboxylic acids is 4. The van der Waals surface area contributed by atoms with E-state index in [-0.39, 0.29) is 12.3 Å². The van der Waals surface area contributed by atoms with Gasteiger partial charge in [0.15, 0.2) is 0 Å². The Morgan fingerprint density at radius 1 is 0.947 bits per heavy atom. The number of aliphatic carboxylic acids is 1. The molecular formula is C26H38N6O6. The summed E-state index contributed by atoms with van der Waals surface area (Å²) in [6.45, 7) is 6.98. The van der Waals surface area contributed by atoms with E-state index in [1.54, 1.807) is 27.0 Å². The SMILES string of the molecule is CCC(C)C(N)C(=O)NC(CC(N)=O)C(=O)NC(C(=O)NC(Cc1c[nH]c2ccccc12)C(=O)O)C(C)C. The van der Waals surface area contributed by atoms with Gasteiger partial charge in [0.1, 0.15) is 18.1 Å². The van der Waals surface area contributed by atoms with E-state index in [0.717, 1.165) is 10.9 Å². The number of primary amides is 1. The van der Waals surface area contributed by atoms with Crippen LogP contribution < -0.4 is 27.4 Å². The predicted octanol–water partition coefficient (Wildman–Crippen LogP) is 0.154. The highest BCUT2D eigenvalue weighted by molar-refractivity contribution is 5.96. The van der Waals surface area contributed by atoms with Gasteiger partial charge in [-0.2, -0.15) is 0 Å². The van der Waals surface area contributed by atoms with Crippen LogP contribution in [-0.4, -0.2) is 63.9 Å². The highest BCUT2D eigenvalue weighted by Crippen LogP contribution is 2.19. The lowest BCUT2D eigenvalue weighted by Gasteiger charge is -2.27. The van der Waals surface area contributed by atoms with E-state index >= 15 is 0 Å². The first kappa shape index (κ1) is 30.3. The van der Waals surface area contributed by atoms with Crippen molar-refractivity contribution in [2.45, 2.75) is 71.1 Å². The van der Waals surface area contributed by atoms with Crippen LogP contribution in [0.2, 0.25) is 0 Å². The van der Waals surface area contributed by atoms with E-state index in [2.05, 4.69) is 20.9 Å². The van der Waals surface area contributed by atoms with Gasteiger partial charge in [0.05, 0.1) is 12.5 Å². The molecule has 0 fully saturated rings. The number of nitrogens with one attached hydrogen (secondary N) is 4. The molecule has 0 saturated carbocycles. The summed E-state index contributed by atoms with van der Waals surface area (Å²) in [5, 5.41) is 18.1. The molecule has 5 atom stereocenters. The van der Waals surface area contributed by atoms with Gasteiger partial charge in [-0.3, -0.25) is 19.2 Å². The van der Waals surface area contributed by atoms with Crippen molar-refractivity contribution < 1.29 is 29.1 Å². The van der Waals surface area contributed by atoms with E-state index in [1.807, 2.05) is 31.2 Å². The Labute approximate surface area is 221 Å². The summed E-state index contributed by atoms with van der Waals surface area (Å²) in [6, 6.07) is 2.70. The van der Waals surface area contributed by atoms with Crippen molar-refractivity contribution in [2.24, 2.45) is 23.3 Å². The van der Waals surface area contributed by atoms with Gasteiger partial charge in [0, 0.05) is 23.5 Å². The molecule has 0 radical (unpaired) electrons. The Morgan fingerprint density at radius 3 is 2.16 bits per heavy atom. The fourth-order valence-corrected chi connectivity index (χ4v) is 3.96. The number of amides is 4. The monoisotopic (exact) mass is 530 g/mol. The van der Waals surface area contributed by atoms with Crippen molar-refractivity contribution in [3.8, 4) is 0 Å². The number of hydrogen-bond acceptors (Lipinski definition) is 6. The zero-order chi connectivity index (χ0) is 28.6. The molecule has 0 aliphatic heterocycles. The smallest absolute Gasteiger partial charge is 0.326 e. The topological polar surface area (TPSA) is 209 Å². The van der Waals surface area contributed by atoms with E-state index in [0.29, 0.717) is 12.0 Å². The number of H-pyrrole nitrogens is 1. The normalized spacial score (nSPS) is 15.2. The molecular weight excluding hydrogens is 492 g/mol. The molecule has 0 bridgehead atoms. The van der Waals surface area contributed by atoms with E-state index in [9.17, 15) is 29.1 Å². The summed E-state index contributed by atoms with van der Waals surface area (Å²) in [7, 11) is 0. The molecule has 0 aliphatic rings. The minimum absolute atomic E-state index is 0.0116. The molecule has 4 amide bonds. The van der Waals surface area contributed by atoms with Gasteiger partial charge < -0.3 is 37.5 Å². The quantitative estimate of drug-likeness (QED) is 0.180. The van der Waals surface area contributed by atoms with E-state index in [1.165, 1.54) is 0 Å². The minimum Gasteiger partial charge on any atom is -0.480 e. The summed E-state index contributed by atoms with van der Waals surface area (Å²) in [5.41, 5.74) is 12.8. The van der Waals surface area contributed by atoms with Crippen LogP contribution in [0.15, 0.2) is 30.5 Å². The first-order chi connectivity index (χ1) is 17.8. The van der Waals surface area contributed by atoms with Crippen LogP contribution in [0.5, 0.6) is 0 Å². The summed E-state index contributed by atoms with van der Waals surface area (Å²) >= 11 is 0. The van der Waals surface area contributed by atoms with Gasteiger partial charge in [-0.25, -0.2) is 4.79 Å². The number of carbonyl (C=O) groups is 5. The molecule has 38 heavy (non-hydrogen) atoms. The number of aromatic amines is 1. The molecule has 5 unspecified atom stereocenters. The number of hydrogen-bond donors (Lipinski definition) is 7. The van der Waals surface area contributed by atoms with Gasteiger partial charge >= 0.3 is 5.97 Å². The minimum atomic E-state index is -1.36. The lowest BCUT2D eigenvalue weighted by Crippen LogP contribution is -2.59. The second-order valence-electron chi connectivity index (χ2n) is 9.84. The van der Waals surface area contributed by atoms with Crippen molar-refractivity contribution in [1.29, 1.82) is 0 Å². The number of para-hydroxylation sites is 1. The van der Waals surface area contributed by atoms with Crippen molar-refractivity contribution >= 4 is 40.5 Å². The number of fused-ring (bicyclic) bond motifs is 1. The van der Waals surface area contributed by atoms with Crippen molar-refractivity contribution in [1.82, 2.24) is 20.9 Å². The van der Waals surface area contributed by atoms with Gasteiger partial charge in [-0.15, -0.1) is 0 Å². The predicted molar refractivity (Wildman–Crippen MR) is 142 cm³/mol. The number of nitrogens with two attached hydrogens (primary N) is 2. The van der Waals surface area contributed by atoms with Crippen molar-refractivity contribution in [3.05, 3.63) is 36.0 Å². The zero-order valence-electron chi connectivity index (χ0n) is 22.1. The fourth-order valence-electron chi connectivity index (χ4n) is 3.96. The molecule has 9 N–H and O–H groups in total. The highest BCUT2D eigenvalue weighted by Gasteiger charge is 2.33. The molecule has 1 heterocycles. The standard InChI is InChI=1S/C26H38N6O6/c1-5-14(4)21(28)24(35)30-18(11-20(27)33)23(34)32-22(13(2)3)25(36)31-19(26(37)38)10-15-12-29-17-9-7-6-8-16(15)17/h6-9,12-14,18-19,21-22,29H,5,10-11,28H2,1-4H3,(H2,27,33)(H,30,35)(H,31,36)(H,32,34)(H,37,38). The van der Waals surface area contributed by atoms with Crippen LogP contribution in [0, 0.1) is 11.8 Å². The van der Waals surface area contributed by atoms with Crippen molar-refractivity contribution in [2.75, 3.05) is 0 Å². The average Bonchev–Trinajstić information content (AvgIpc) is 3.27. The molecule has 208 valence electrons. The fraction of sp³-hybridized carbons (Fsp3) is 0.500. The lowest BCUT2D eigenvalue weighted by atomic mass is 9.98. The molecule has 0 spiro atoms. The van der Waals surface area contributed by atoms with E-state index < -0.39 is 66.1 Å². The zero-order valence-corrected chi connectivity index (χ0v) is 22.1. The Balaban J connectivity index is 2.16. The lowest BCUT2D eigenvalue weighted by molar-refractivity contribution is -0.142. The number of aromatic nitrogens is 1. The summed E-state index contributed by atoms with van der Waals surface area (Å²) in [5.74, 6) is -4.86. The molecule has 1 aromatic heterocycles. The maximum absolute atomic E-state index is 13.1. The molecule has 12 heteroatoms. The Kier molecular flexibility index (Phi) is 10.8. The second kappa shape index (κ2) is 13.6. The molecule has 1 aromatic carbocycles. The first-order valence-electron chi connectivity index (χ1n) is 12.6. The molecule has 0 saturated heterocycles. The average molecular weight is 531 g/mol. The third kappa shape index (κ3) is 8.04. The Bertz CT molecular complexity index is 1160. The largest absolute Gasteiger partial charge is 0.480 e. The van der Waals surface area contributed by atoms with Gasteiger partial charge in [-0.05, 0) is 23.5 Å². The number of carboxylic acid groups (broad SMARTS) is 1. The third-order valence-electron chi connectivity index (χ3n) is 6.56. The van der Waals surface area contributed by atoms with Gasteiger partial charge in [-0.1, -0.05) is 52.3 Å². The maximum Gasteiger partial charge on any atom is 0.326 e. The highest BCUT2D eigenvalue weighted by atomic mass is 16.4. The van der Waals surface area contributed by atoms with E-state index in [4.69, 9.17) is 11.5 Å². The van der Waals surface area contributed by atoms with Crippen LogP contribution in [-0.2, 0) is 30.4 Å². The van der Waals surface area contributed by atoms with Crippen LogP contribution >= 0.6 is 0 Å². The third-order valence-corrected chi connectivity index (χ3v) is 6.56.